The first-order valence-electron chi connectivity index (χ1n) is 9.93. The van der Waals surface area contributed by atoms with Crippen molar-refractivity contribution < 1.29 is 38.4 Å². The van der Waals surface area contributed by atoms with Crippen molar-refractivity contribution in [1.29, 1.82) is 0 Å². The van der Waals surface area contributed by atoms with E-state index >= 15 is 0 Å². The van der Waals surface area contributed by atoms with Crippen LogP contribution in [0, 0.1) is 5.92 Å². The van der Waals surface area contributed by atoms with Gasteiger partial charge in [0.15, 0.2) is 6.10 Å². The predicted molar refractivity (Wildman–Crippen MR) is 105 cm³/mol. The molecule has 2 aliphatic heterocycles. The molecule has 1 N–H and O–H groups in total. The van der Waals surface area contributed by atoms with E-state index in [0.717, 1.165) is 0 Å². The molecule has 0 aromatic rings. The fourth-order valence-electron chi connectivity index (χ4n) is 4.10. The normalized spacial score (nSPS) is 40.3. The quantitative estimate of drug-likeness (QED) is 0.242. The molecule has 0 amide bonds. The van der Waals surface area contributed by atoms with Gasteiger partial charge in [-0.1, -0.05) is 12.7 Å². The lowest BCUT2D eigenvalue weighted by Gasteiger charge is -2.33. The Kier molecular flexibility index (Phi) is 5.93. The summed E-state index contributed by atoms with van der Waals surface area (Å²) in [6.45, 7) is 11.8. The van der Waals surface area contributed by atoms with Crippen molar-refractivity contribution in [3.63, 3.8) is 0 Å². The lowest BCUT2D eigenvalue weighted by molar-refractivity contribution is -0.152. The van der Waals surface area contributed by atoms with Crippen LogP contribution in [0.4, 0.5) is 0 Å². The Morgan fingerprint density at radius 2 is 2.00 bits per heavy atom. The highest BCUT2D eigenvalue weighted by Gasteiger charge is 2.59. The van der Waals surface area contributed by atoms with Gasteiger partial charge in [0.1, 0.15) is 24.4 Å². The van der Waals surface area contributed by atoms with Crippen LogP contribution in [-0.2, 0) is 33.3 Å². The molecule has 0 aromatic heterocycles. The van der Waals surface area contributed by atoms with Crippen molar-refractivity contribution in [2.24, 2.45) is 5.92 Å². The Morgan fingerprint density at radius 1 is 1.33 bits per heavy atom. The van der Waals surface area contributed by atoms with Crippen LogP contribution in [-0.4, -0.2) is 59.1 Å². The van der Waals surface area contributed by atoms with Gasteiger partial charge >= 0.3 is 17.9 Å². The lowest BCUT2D eigenvalue weighted by atomic mass is 9.80. The summed E-state index contributed by atoms with van der Waals surface area (Å²) in [5.74, 6) is -2.33. The number of carbonyl (C=O) groups excluding carboxylic acids is 3. The van der Waals surface area contributed by atoms with Gasteiger partial charge in [-0.2, -0.15) is 0 Å². The third-order valence-corrected chi connectivity index (χ3v) is 5.90. The molecule has 0 unspecified atom stereocenters. The first-order chi connectivity index (χ1) is 14.0. The molecule has 0 spiro atoms. The van der Waals surface area contributed by atoms with E-state index in [1.807, 2.05) is 0 Å². The summed E-state index contributed by atoms with van der Waals surface area (Å²) in [5, 5.41) is 11.1. The molecule has 8 nitrogen and oxygen atoms in total. The number of hydrogen-bond donors (Lipinski definition) is 1. The number of aliphatic hydroxyl groups is 1. The Labute approximate surface area is 175 Å². The maximum atomic E-state index is 12.5. The Bertz CT molecular complexity index is 836. The molecule has 0 bridgehead atoms. The molecule has 0 saturated carbocycles. The highest BCUT2D eigenvalue weighted by atomic mass is 16.6. The van der Waals surface area contributed by atoms with Gasteiger partial charge in [-0.25, -0.2) is 9.59 Å². The monoisotopic (exact) mass is 420 g/mol. The summed E-state index contributed by atoms with van der Waals surface area (Å²) in [5.41, 5.74) is -0.232. The Hall–Kier alpha value is -2.45. The van der Waals surface area contributed by atoms with Crippen LogP contribution in [0.1, 0.15) is 41.0 Å². The summed E-state index contributed by atoms with van der Waals surface area (Å²) >= 11 is 0. The molecule has 0 radical (unpaired) electrons. The van der Waals surface area contributed by atoms with E-state index < -0.39 is 59.9 Å². The maximum absolute atomic E-state index is 12.5. The SMILES string of the molecule is C=C1C(=O)O[C@@H]2/C=C(\C)[C@@H](OC(C)=O)[C@@H]3O[C@@H]3[C@](C)(O)C[C@@H](OC(=O)/C(C)=C/C)[C@@H]12. The second-order valence-electron chi connectivity index (χ2n) is 8.36. The van der Waals surface area contributed by atoms with E-state index in [2.05, 4.69) is 6.58 Å². The highest BCUT2D eigenvalue weighted by Crippen LogP contribution is 2.45. The minimum Gasteiger partial charge on any atom is -0.458 e. The molecule has 0 aromatic carbocycles. The molecule has 1 aliphatic carbocycles. The fraction of sp³-hybridized carbons (Fsp3) is 0.591. The number of hydrogen-bond acceptors (Lipinski definition) is 8. The zero-order valence-corrected chi connectivity index (χ0v) is 17.8. The molecule has 7 atom stereocenters. The first-order valence-corrected chi connectivity index (χ1v) is 9.93. The predicted octanol–water partition coefficient (Wildman–Crippen LogP) is 1.76. The average Bonchev–Trinajstić information content (AvgIpc) is 3.40. The van der Waals surface area contributed by atoms with Crippen molar-refractivity contribution in [2.45, 2.75) is 77.2 Å². The van der Waals surface area contributed by atoms with Crippen LogP contribution in [0.2, 0.25) is 0 Å². The summed E-state index contributed by atoms with van der Waals surface area (Å²) in [6, 6.07) is 0. The fourth-order valence-corrected chi connectivity index (χ4v) is 4.10. The minimum atomic E-state index is -1.41. The number of rotatable bonds is 3. The molecule has 2 heterocycles. The number of epoxide rings is 1. The van der Waals surface area contributed by atoms with Gasteiger partial charge in [-0.15, -0.1) is 0 Å². The van der Waals surface area contributed by atoms with Crippen LogP contribution in [0.3, 0.4) is 0 Å². The van der Waals surface area contributed by atoms with Crippen LogP contribution >= 0.6 is 0 Å². The van der Waals surface area contributed by atoms with E-state index in [4.69, 9.17) is 18.9 Å². The molecule has 2 saturated heterocycles. The molecule has 164 valence electrons. The molecule has 30 heavy (non-hydrogen) atoms. The average molecular weight is 420 g/mol. The minimum absolute atomic E-state index is 0.00654. The van der Waals surface area contributed by atoms with Crippen LogP contribution in [0.5, 0.6) is 0 Å². The smallest absolute Gasteiger partial charge is 0.334 e. The third kappa shape index (κ3) is 4.20. The summed E-state index contributed by atoms with van der Waals surface area (Å²) in [4.78, 5) is 36.4. The van der Waals surface area contributed by atoms with Crippen LogP contribution in [0.25, 0.3) is 0 Å². The van der Waals surface area contributed by atoms with Gasteiger partial charge in [0.2, 0.25) is 0 Å². The summed E-state index contributed by atoms with van der Waals surface area (Å²) in [7, 11) is 0. The third-order valence-electron chi connectivity index (χ3n) is 5.90. The van der Waals surface area contributed by atoms with Gasteiger partial charge in [0, 0.05) is 24.5 Å². The number of fused-ring (bicyclic) bond motifs is 2. The molecular formula is C22H28O8. The molecule has 3 rings (SSSR count). The van der Waals surface area contributed by atoms with Crippen molar-refractivity contribution >= 4 is 17.9 Å². The van der Waals surface area contributed by atoms with E-state index in [-0.39, 0.29) is 12.0 Å². The maximum Gasteiger partial charge on any atom is 0.334 e. The largest absolute Gasteiger partial charge is 0.458 e. The van der Waals surface area contributed by atoms with Crippen molar-refractivity contribution in [3.8, 4) is 0 Å². The first kappa shape index (κ1) is 22.2. The van der Waals surface area contributed by atoms with E-state index in [1.54, 1.807) is 39.8 Å². The number of esters is 3. The molecular weight excluding hydrogens is 392 g/mol. The molecule has 3 aliphatic rings. The zero-order chi connectivity index (χ0) is 22.4. The van der Waals surface area contributed by atoms with Crippen molar-refractivity contribution in [1.82, 2.24) is 0 Å². The topological polar surface area (TPSA) is 112 Å². The molecule has 2 fully saturated rings. The highest BCUT2D eigenvalue weighted by molar-refractivity contribution is 5.92. The van der Waals surface area contributed by atoms with E-state index in [1.165, 1.54) is 6.92 Å². The second-order valence-corrected chi connectivity index (χ2v) is 8.36. The summed E-state index contributed by atoms with van der Waals surface area (Å²) < 4.78 is 22.3. The van der Waals surface area contributed by atoms with Gasteiger partial charge in [-0.3, -0.25) is 4.79 Å². The Morgan fingerprint density at radius 3 is 2.60 bits per heavy atom. The van der Waals surface area contributed by atoms with Gasteiger partial charge in [0.05, 0.1) is 11.5 Å². The van der Waals surface area contributed by atoms with Gasteiger partial charge in [-0.05, 0) is 39.3 Å². The van der Waals surface area contributed by atoms with Crippen LogP contribution < -0.4 is 0 Å². The van der Waals surface area contributed by atoms with E-state index in [9.17, 15) is 19.5 Å². The second kappa shape index (κ2) is 8.00. The zero-order valence-electron chi connectivity index (χ0n) is 17.8. The van der Waals surface area contributed by atoms with Crippen molar-refractivity contribution in [3.05, 3.63) is 35.5 Å². The standard InChI is InChI=1S/C22H28O8/c1-7-10(2)20(24)29-15-9-22(6,26)19-18(30-19)17(27-13(5)23)11(3)8-14-16(15)12(4)21(25)28-14/h7-8,14-19,26H,4,9H2,1-3,5-6H3/b10-7+,11-8+/t14-,15-,16+,17-,18+,19+,22-/m1/s1. The van der Waals surface area contributed by atoms with Crippen LogP contribution in [0.15, 0.2) is 35.5 Å². The molecule has 8 heteroatoms. The number of allylic oxidation sites excluding steroid dienone is 1. The van der Waals surface area contributed by atoms with Crippen molar-refractivity contribution in [2.75, 3.05) is 0 Å². The summed E-state index contributed by atoms with van der Waals surface area (Å²) in [6.07, 6.45) is -0.261. The number of ether oxygens (including phenoxy) is 4. The number of carbonyl (C=O) groups is 3. The van der Waals surface area contributed by atoms with E-state index in [0.29, 0.717) is 11.1 Å². The lowest BCUT2D eigenvalue weighted by Crippen LogP contribution is -2.45. The van der Waals surface area contributed by atoms with Gasteiger partial charge in [0.25, 0.3) is 0 Å². The Balaban J connectivity index is 2.03. The van der Waals surface area contributed by atoms with Gasteiger partial charge < -0.3 is 24.1 Å².